The average molecular weight is 274 g/mol. The van der Waals surface area contributed by atoms with E-state index in [1.165, 1.54) is 23.5 Å². The molecule has 96 valence electrons. The van der Waals surface area contributed by atoms with Gasteiger partial charge in [0.05, 0.1) is 4.70 Å². The number of fused-ring (bicyclic) bond motifs is 1. The molecule has 0 bridgehead atoms. The van der Waals surface area contributed by atoms with Gasteiger partial charge in [-0.15, -0.1) is 11.3 Å². The van der Waals surface area contributed by atoms with E-state index in [-0.39, 0.29) is 11.6 Å². The third-order valence-corrected chi connectivity index (χ3v) is 3.90. The van der Waals surface area contributed by atoms with Crippen LogP contribution in [0.15, 0.2) is 48.5 Å². The Balaban J connectivity index is 1.80. The van der Waals surface area contributed by atoms with Crippen LogP contribution in [0.1, 0.15) is 4.88 Å². The van der Waals surface area contributed by atoms with Crippen LogP contribution in [0, 0.1) is 5.82 Å². The normalized spacial score (nSPS) is 10.8. The number of rotatable bonds is 3. The summed E-state index contributed by atoms with van der Waals surface area (Å²) in [5.41, 5.74) is 0. The summed E-state index contributed by atoms with van der Waals surface area (Å²) in [7, 11) is 0. The van der Waals surface area contributed by atoms with Crippen LogP contribution in [0.5, 0.6) is 11.5 Å². The van der Waals surface area contributed by atoms with E-state index in [2.05, 4.69) is 0 Å². The smallest absolute Gasteiger partial charge is 0.133 e. The highest BCUT2D eigenvalue weighted by molar-refractivity contribution is 7.19. The van der Waals surface area contributed by atoms with Crippen molar-refractivity contribution in [1.29, 1.82) is 0 Å². The van der Waals surface area contributed by atoms with E-state index < -0.39 is 0 Å². The van der Waals surface area contributed by atoms with E-state index in [4.69, 9.17) is 4.74 Å². The monoisotopic (exact) mass is 274 g/mol. The van der Waals surface area contributed by atoms with Gasteiger partial charge >= 0.3 is 0 Å². The van der Waals surface area contributed by atoms with Crippen LogP contribution in [0.2, 0.25) is 0 Å². The molecular weight excluding hydrogens is 263 g/mol. The lowest BCUT2D eigenvalue weighted by atomic mass is 10.2. The third kappa shape index (κ3) is 2.53. The molecule has 2 nitrogen and oxygen atoms in total. The van der Waals surface area contributed by atoms with Gasteiger partial charge < -0.3 is 9.84 Å². The Morgan fingerprint density at radius 1 is 1.11 bits per heavy atom. The Labute approximate surface area is 113 Å². The molecule has 0 saturated carbocycles. The molecule has 0 unspecified atom stereocenters. The van der Waals surface area contributed by atoms with Gasteiger partial charge in [-0.25, -0.2) is 4.39 Å². The lowest BCUT2D eigenvalue weighted by Gasteiger charge is -2.03. The molecule has 0 atom stereocenters. The van der Waals surface area contributed by atoms with E-state index in [0.29, 0.717) is 12.4 Å². The molecule has 19 heavy (non-hydrogen) atoms. The molecule has 0 fully saturated rings. The second-order valence-corrected chi connectivity index (χ2v) is 5.29. The molecule has 0 aliphatic heterocycles. The van der Waals surface area contributed by atoms with Gasteiger partial charge in [-0.2, -0.15) is 0 Å². The molecular formula is C15H11FO2S. The molecule has 3 rings (SSSR count). The van der Waals surface area contributed by atoms with Crippen LogP contribution < -0.4 is 4.74 Å². The molecule has 0 amide bonds. The zero-order valence-corrected chi connectivity index (χ0v) is 10.8. The maximum absolute atomic E-state index is 13.0. The average Bonchev–Trinajstić information content (AvgIpc) is 2.81. The molecule has 0 aliphatic carbocycles. The van der Waals surface area contributed by atoms with Crippen LogP contribution in [-0.4, -0.2) is 5.11 Å². The Bertz CT molecular complexity index is 721. The fourth-order valence-electron chi connectivity index (χ4n) is 1.88. The van der Waals surface area contributed by atoms with Crippen molar-refractivity contribution in [1.82, 2.24) is 0 Å². The number of benzene rings is 2. The van der Waals surface area contributed by atoms with Crippen LogP contribution in [0.3, 0.4) is 0 Å². The molecule has 1 heterocycles. The molecule has 0 radical (unpaired) electrons. The Hall–Kier alpha value is -2.07. The standard InChI is InChI=1S/C15H11FO2S/c16-11-4-2-5-12(8-11)18-9-13-7-10-3-1-6-14(17)15(10)19-13/h1-8,17H,9H2. The molecule has 0 aliphatic rings. The van der Waals surface area contributed by atoms with Crippen molar-refractivity contribution in [2.45, 2.75) is 6.61 Å². The van der Waals surface area contributed by atoms with E-state index >= 15 is 0 Å². The molecule has 1 aromatic heterocycles. The summed E-state index contributed by atoms with van der Waals surface area (Å²) < 4.78 is 19.4. The number of thiophene rings is 1. The van der Waals surface area contributed by atoms with Crippen molar-refractivity contribution >= 4 is 21.4 Å². The highest BCUT2D eigenvalue weighted by atomic mass is 32.1. The molecule has 4 heteroatoms. The summed E-state index contributed by atoms with van der Waals surface area (Å²) in [4.78, 5) is 0.987. The number of phenolic OH excluding ortho intramolecular Hbond substituents is 1. The van der Waals surface area contributed by atoms with Crippen molar-refractivity contribution in [2.75, 3.05) is 0 Å². The first-order valence-electron chi connectivity index (χ1n) is 5.81. The van der Waals surface area contributed by atoms with E-state index in [1.807, 2.05) is 18.2 Å². The second kappa shape index (κ2) is 4.90. The summed E-state index contributed by atoms with van der Waals surface area (Å²) in [5.74, 6) is 0.465. The van der Waals surface area contributed by atoms with Crippen molar-refractivity contribution in [3.8, 4) is 11.5 Å². The second-order valence-electron chi connectivity index (χ2n) is 4.15. The summed E-state index contributed by atoms with van der Waals surface area (Å²) in [5, 5.41) is 10.7. The zero-order valence-electron chi connectivity index (χ0n) is 9.97. The maximum Gasteiger partial charge on any atom is 0.133 e. The van der Waals surface area contributed by atoms with Gasteiger partial charge in [0.1, 0.15) is 23.9 Å². The minimum Gasteiger partial charge on any atom is -0.506 e. The minimum absolute atomic E-state index is 0.277. The summed E-state index contributed by atoms with van der Waals surface area (Å²) in [6.45, 7) is 0.363. The Kier molecular flexibility index (Phi) is 3.09. The molecule has 0 spiro atoms. The third-order valence-electron chi connectivity index (χ3n) is 2.75. The molecule has 2 aromatic carbocycles. The van der Waals surface area contributed by atoms with E-state index in [0.717, 1.165) is 15.0 Å². The number of hydrogen-bond donors (Lipinski definition) is 1. The highest BCUT2D eigenvalue weighted by Crippen LogP contribution is 2.33. The first kappa shape index (κ1) is 12.0. The summed E-state index contributed by atoms with van der Waals surface area (Å²) >= 11 is 1.48. The van der Waals surface area contributed by atoms with Crippen molar-refractivity contribution < 1.29 is 14.2 Å². The van der Waals surface area contributed by atoms with E-state index in [9.17, 15) is 9.50 Å². The van der Waals surface area contributed by atoms with Gasteiger partial charge in [0.15, 0.2) is 0 Å². The molecule has 3 aromatic rings. The lowest BCUT2D eigenvalue weighted by Crippen LogP contribution is -1.92. The topological polar surface area (TPSA) is 29.5 Å². The van der Waals surface area contributed by atoms with Gasteiger partial charge in [0.2, 0.25) is 0 Å². The fraction of sp³-hybridized carbons (Fsp3) is 0.0667. The molecule has 0 saturated heterocycles. The highest BCUT2D eigenvalue weighted by Gasteiger charge is 2.06. The van der Waals surface area contributed by atoms with Gasteiger partial charge in [-0.1, -0.05) is 18.2 Å². The fourth-order valence-corrected chi connectivity index (χ4v) is 2.87. The predicted octanol–water partition coefficient (Wildman–Crippen LogP) is 4.33. The maximum atomic E-state index is 13.0. The summed E-state index contributed by atoms with van der Waals surface area (Å²) in [6.07, 6.45) is 0. The first-order chi connectivity index (χ1) is 9.22. The number of ether oxygens (including phenoxy) is 1. The van der Waals surface area contributed by atoms with Gasteiger partial charge in [0, 0.05) is 10.9 Å². The molecule has 1 N–H and O–H groups in total. The predicted molar refractivity (Wildman–Crippen MR) is 74.2 cm³/mol. The van der Waals surface area contributed by atoms with Crippen LogP contribution in [0.25, 0.3) is 10.1 Å². The quantitative estimate of drug-likeness (QED) is 0.770. The Morgan fingerprint density at radius 3 is 2.74 bits per heavy atom. The number of hydrogen-bond acceptors (Lipinski definition) is 3. The SMILES string of the molecule is Oc1cccc2cc(COc3cccc(F)c3)sc12. The zero-order chi connectivity index (χ0) is 13.2. The van der Waals surface area contributed by atoms with Gasteiger partial charge in [-0.3, -0.25) is 0 Å². The van der Waals surface area contributed by atoms with Gasteiger partial charge in [0.25, 0.3) is 0 Å². The van der Waals surface area contributed by atoms with Crippen molar-refractivity contribution in [3.63, 3.8) is 0 Å². The lowest BCUT2D eigenvalue weighted by molar-refractivity contribution is 0.308. The number of phenols is 1. The van der Waals surface area contributed by atoms with Gasteiger partial charge in [-0.05, 0) is 29.7 Å². The minimum atomic E-state index is -0.313. The largest absolute Gasteiger partial charge is 0.506 e. The number of aromatic hydroxyl groups is 1. The summed E-state index contributed by atoms with van der Waals surface area (Å²) in [6, 6.07) is 13.4. The number of halogens is 1. The van der Waals surface area contributed by atoms with Crippen molar-refractivity contribution in [3.05, 3.63) is 59.2 Å². The van der Waals surface area contributed by atoms with Crippen molar-refractivity contribution in [2.24, 2.45) is 0 Å². The van der Waals surface area contributed by atoms with Crippen LogP contribution in [0.4, 0.5) is 4.39 Å². The van der Waals surface area contributed by atoms with Crippen LogP contribution in [-0.2, 0) is 6.61 Å². The van der Waals surface area contributed by atoms with E-state index in [1.54, 1.807) is 18.2 Å². The first-order valence-corrected chi connectivity index (χ1v) is 6.63. The Morgan fingerprint density at radius 2 is 1.95 bits per heavy atom. The van der Waals surface area contributed by atoms with Crippen LogP contribution >= 0.6 is 11.3 Å².